The van der Waals surface area contributed by atoms with E-state index in [2.05, 4.69) is 64.7 Å². The SMILES string of the molecule is CC(CC1CCCN1)N[C@H](C)c1ccc(Br)cc1. The molecule has 1 heterocycles. The Labute approximate surface area is 119 Å². The van der Waals surface area contributed by atoms with Crippen LogP contribution in [-0.2, 0) is 0 Å². The van der Waals surface area contributed by atoms with E-state index in [1.54, 1.807) is 0 Å². The zero-order valence-corrected chi connectivity index (χ0v) is 12.8. The molecule has 3 atom stereocenters. The minimum absolute atomic E-state index is 0.412. The van der Waals surface area contributed by atoms with Crippen LogP contribution in [0.5, 0.6) is 0 Å². The Morgan fingerprint density at radius 1 is 1.33 bits per heavy atom. The van der Waals surface area contributed by atoms with Crippen LogP contribution >= 0.6 is 15.9 Å². The highest BCUT2D eigenvalue weighted by Crippen LogP contribution is 2.18. The van der Waals surface area contributed by atoms with Crippen LogP contribution in [0.2, 0.25) is 0 Å². The van der Waals surface area contributed by atoms with Crippen molar-refractivity contribution in [3.05, 3.63) is 34.3 Å². The van der Waals surface area contributed by atoms with Gasteiger partial charge in [0.25, 0.3) is 0 Å². The molecule has 2 rings (SSSR count). The summed E-state index contributed by atoms with van der Waals surface area (Å²) in [5, 5.41) is 7.25. The molecule has 0 radical (unpaired) electrons. The third-order valence-electron chi connectivity index (χ3n) is 3.70. The van der Waals surface area contributed by atoms with Crippen molar-refractivity contribution in [2.24, 2.45) is 0 Å². The van der Waals surface area contributed by atoms with E-state index in [1.807, 2.05) is 0 Å². The lowest BCUT2D eigenvalue weighted by atomic mass is 10.0. The first-order valence-corrected chi connectivity index (χ1v) is 7.69. The Bertz CT molecular complexity index is 357. The van der Waals surface area contributed by atoms with Crippen molar-refractivity contribution in [2.45, 2.75) is 51.2 Å². The number of halogens is 1. The van der Waals surface area contributed by atoms with Crippen molar-refractivity contribution in [1.82, 2.24) is 10.6 Å². The second-order valence-corrected chi connectivity index (χ2v) is 6.29. The number of hydrogen-bond donors (Lipinski definition) is 2. The summed E-state index contributed by atoms with van der Waals surface area (Å²) in [7, 11) is 0. The lowest BCUT2D eigenvalue weighted by Gasteiger charge is -2.23. The lowest BCUT2D eigenvalue weighted by molar-refractivity contribution is 0.407. The van der Waals surface area contributed by atoms with Crippen LogP contribution in [0.3, 0.4) is 0 Å². The molecule has 1 aromatic carbocycles. The molecule has 1 aliphatic heterocycles. The van der Waals surface area contributed by atoms with Crippen LogP contribution in [0, 0.1) is 0 Å². The molecule has 0 bridgehead atoms. The van der Waals surface area contributed by atoms with E-state index in [9.17, 15) is 0 Å². The summed E-state index contributed by atoms with van der Waals surface area (Å²) < 4.78 is 1.14. The van der Waals surface area contributed by atoms with Gasteiger partial charge >= 0.3 is 0 Å². The van der Waals surface area contributed by atoms with Gasteiger partial charge in [-0.05, 0) is 57.4 Å². The van der Waals surface area contributed by atoms with Gasteiger partial charge in [-0.15, -0.1) is 0 Å². The normalized spacial score (nSPS) is 22.9. The van der Waals surface area contributed by atoms with E-state index >= 15 is 0 Å². The minimum Gasteiger partial charge on any atom is -0.314 e. The van der Waals surface area contributed by atoms with Crippen molar-refractivity contribution >= 4 is 15.9 Å². The molecule has 1 aromatic rings. The third-order valence-corrected chi connectivity index (χ3v) is 4.23. The molecule has 0 spiro atoms. The first-order chi connectivity index (χ1) is 8.65. The van der Waals surface area contributed by atoms with Gasteiger partial charge in [-0.1, -0.05) is 28.1 Å². The second-order valence-electron chi connectivity index (χ2n) is 5.37. The Morgan fingerprint density at radius 3 is 2.67 bits per heavy atom. The van der Waals surface area contributed by atoms with E-state index in [0.29, 0.717) is 18.1 Å². The zero-order chi connectivity index (χ0) is 13.0. The Morgan fingerprint density at radius 2 is 2.06 bits per heavy atom. The highest BCUT2D eigenvalue weighted by atomic mass is 79.9. The average Bonchev–Trinajstić information content (AvgIpc) is 2.82. The summed E-state index contributed by atoms with van der Waals surface area (Å²) in [6.45, 7) is 5.72. The molecular weight excluding hydrogens is 288 g/mol. The predicted molar refractivity (Wildman–Crippen MR) is 80.8 cm³/mol. The summed E-state index contributed by atoms with van der Waals surface area (Å²) in [5.41, 5.74) is 1.35. The summed E-state index contributed by atoms with van der Waals surface area (Å²) in [6.07, 6.45) is 3.89. The molecule has 100 valence electrons. The molecule has 2 nitrogen and oxygen atoms in total. The van der Waals surface area contributed by atoms with Gasteiger partial charge in [-0.25, -0.2) is 0 Å². The Hall–Kier alpha value is -0.380. The highest BCUT2D eigenvalue weighted by molar-refractivity contribution is 9.10. The van der Waals surface area contributed by atoms with Crippen molar-refractivity contribution in [2.75, 3.05) is 6.54 Å². The quantitative estimate of drug-likeness (QED) is 0.868. The van der Waals surface area contributed by atoms with Crippen LogP contribution in [0.15, 0.2) is 28.7 Å². The highest BCUT2D eigenvalue weighted by Gasteiger charge is 2.18. The topological polar surface area (TPSA) is 24.1 Å². The molecule has 1 aliphatic rings. The van der Waals surface area contributed by atoms with E-state index in [-0.39, 0.29) is 0 Å². The molecule has 18 heavy (non-hydrogen) atoms. The summed E-state index contributed by atoms with van der Waals surface area (Å²) in [6, 6.07) is 10.3. The predicted octanol–water partition coefficient (Wildman–Crippen LogP) is 3.63. The molecule has 3 heteroatoms. The van der Waals surface area contributed by atoms with Gasteiger partial charge in [0, 0.05) is 22.6 Å². The van der Waals surface area contributed by atoms with E-state index in [0.717, 1.165) is 4.47 Å². The van der Waals surface area contributed by atoms with Gasteiger partial charge < -0.3 is 10.6 Å². The van der Waals surface area contributed by atoms with Crippen LogP contribution in [-0.4, -0.2) is 18.6 Å². The molecule has 1 fully saturated rings. The first kappa shape index (κ1) is 14.0. The summed E-state index contributed by atoms with van der Waals surface area (Å²) >= 11 is 3.48. The van der Waals surface area contributed by atoms with Gasteiger partial charge in [0.2, 0.25) is 0 Å². The van der Waals surface area contributed by atoms with Crippen LogP contribution in [0.4, 0.5) is 0 Å². The monoisotopic (exact) mass is 310 g/mol. The molecule has 1 saturated heterocycles. The van der Waals surface area contributed by atoms with Crippen molar-refractivity contribution in [3.63, 3.8) is 0 Å². The number of hydrogen-bond acceptors (Lipinski definition) is 2. The van der Waals surface area contributed by atoms with Gasteiger partial charge in [0.1, 0.15) is 0 Å². The van der Waals surface area contributed by atoms with Gasteiger partial charge in [-0.3, -0.25) is 0 Å². The minimum atomic E-state index is 0.412. The zero-order valence-electron chi connectivity index (χ0n) is 11.2. The fraction of sp³-hybridized carbons (Fsp3) is 0.600. The number of benzene rings is 1. The molecular formula is C15H23BrN2. The van der Waals surface area contributed by atoms with Crippen LogP contribution < -0.4 is 10.6 Å². The largest absolute Gasteiger partial charge is 0.314 e. The second kappa shape index (κ2) is 6.69. The molecule has 2 N–H and O–H groups in total. The van der Waals surface area contributed by atoms with Crippen molar-refractivity contribution in [3.8, 4) is 0 Å². The van der Waals surface area contributed by atoms with Crippen LogP contribution in [0.25, 0.3) is 0 Å². The van der Waals surface area contributed by atoms with E-state index in [1.165, 1.54) is 31.4 Å². The van der Waals surface area contributed by atoms with Gasteiger partial charge in [0.05, 0.1) is 0 Å². The third kappa shape index (κ3) is 4.08. The Balaban J connectivity index is 1.82. The smallest absolute Gasteiger partial charge is 0.0294 e. The number of rotatable bonds is 5. The van der Waals surface area contributed by atoms with E-state index < -0.39 is 0 Å². The number of nitrogens with one attached hydrogen (secondary N) is 2. The Kier molecular flexibility index (Phi) is 5.22. The molecule has 2 unspecified atom stereocenters. The lowest BCUT2D eigenvalue weighted by Crippen LogP contribution is -2.35. The van der Waals surface area contributed by atoms with Crippen molar-refractivity contribution < 1.29 is 0 Å². The maximum absolute atomic E-state index is 3.69. The van der Waals surface area contributed by atoms with Gasteiger partial charge in [0.15, 0.2) is 0 Å². The maximum atomic E-state index is 3.69. The van der Waals surface area contributed by atoms with Gasteiger partial charge in [-0.2, -0.15) is 0 Å². The molecule has 0 aromatic heterocycles. The maximum Gasteiger partial charge on any atom is 0.0294 e. The molecule has 0 aliphatic carbocycles. The molecule has 0 saturated carbocycles. The summed E-state index contributed by atoms with van der Waals surface area (Å²) in [5.74, 6) is 0. The standard InChI is InChI=1S/C15H23BrN2/c1-11(10-15-4-3-9-17-15)18-12(2)13-5-7-14(16)8-6-13/h5-8,11-12,15,17-18H,3-4,9-10H2,1-2H3/t11?,12-,15?/m1/s1. The fourth-order valence-corrected chi connectivity index (χ4v) is 2.99. The van der Waals surface area contributed by atoms with E-state index in [4.69, 9.17) is 0 Å². The van der Waals surface area contributed by atoms with Crippen LogP contribution in [0.1, 0.15) is 44.7 Å². The first-order valence-electron chi connectivity index (χ1n) is 6.90. The summed E-state index contributed by atoms with van der Waals surface area (Å²) in [4.78, 5) is 0. The average molecular weight is 311 g/mol. The van der Waals surface area contributed by atoms with Crippen molar-refractivity contribution in [1.29, 1.82) is 0 Å². The fourth-order valence-electron chi connectivity index (χ4n) is 2.73. The molecule has 0 amide bonds.